The van der Waals surface area contributed by atoms with Gasteiger partial charge in [0, 0.05) is 17.5 Å². The number of carbonyl (C=O) groups excluding carboxylic acids is 1. The van der Waals surface area contributed by atoms with E-state index in [-0.39, 0.29) is 10.9 Å². The molecule has 0 aromatic heterocycles. The van der Waals surface area contributed by atoms with Crippen molar-refractivity contribution in [3.63, 3.8) is 0 Å². The summed E-state index contributed by atoms with van der Waals surface area (Å²) in [7, 11) is -1.93. The highest BCUT2D eigenvalue weighted by Gasteiger charge is 2.38. The molecular formula is C25H33NO3Si. The van der Waals surface area contributed by atoms with Crippen LogP contribution >= 0.6 is 0 Å². The molecule has 0 bridgehead atoms. The fraction of sp³-hybridized carbons (Fsp3) is 0.480. The van der Waals surface area contributed by atoms with E-state index in [9.17, 15) is 9.90 Å². The molecule has 160 valence electrons. The third-order valence-corrected chi connectivity index (χ3v) is 11.5. The molecule has 2 aromatic carbocycles. The molecule has 30 heavy (non-hydrogen) atoms. The maximum absolute atomic E-state index is 13.4. The second-order valence-electron chi connectivity index (χ2n) is 10.2. The highest BCUT2D eigenvalue weighted by Crippen LogP contribution is 2.42. The summed E-state index contributed by atoms with van der Waals surface area (Å²) in [5.74, 6) is 0.500. The number of nitrogens with zero attached hydrogens (tertiary/aromatic N) is 1. The van der Waals surface area contributed by atoms with Crippen LogP contribution < -0.4 is 4.90 Å². The number of anilines is 1. The fourth-order valence-electron chi connectivity index (χ4n) is 3.83. The largest absolute Gasteiger partial charge is 0.412 e. The number of aliphatic hydroxyl groups excluding tert-OH is 1. The molecule has 1 atom stereocenters. The van der Waals surface area contributed by atoms with Crippen LogP contribution in [0.4, 0.5) is 5.69 Å². The molecule has 1 amide bonds. The van der Waals surface area contributed by atoms with Crippen LogP contribution in [0.2, 0.25) is 18.1 Å². The average molecular weight is 424 g/mol. The molecule has 0 saturated heterocycles. The van der Waals surface area contributed by atoms with E-state index >= 15 is 0 Å². The topological polar surface area (TPSA) is 49.8 Å². The second kappa shape index (κ2) is 7.63. The molecule has 2 aromatic rings. The van der Waals surface area contributed by atoms with Crippen LogP contribution in [-0.4, -0.2) is 25.6 Å². The van der Waals surface area contributed by atoms with Crippen LogP contribution in [0.25, 0.3) is 0 Å². The lowest BCUT2D eigenvalue weighted by Gasteiger charge is -2.37. The molecule has 0 spiro atoms. The predicted octanol–water partition coefficient (Wildman–Crippen LogP) is 5.61. The van der Waals surface area contributed by atoms with Crippen molar-refractivity contribution in [1.82, 2.24) is 0 Å². The molecule has 5 heteroatoms. The Balaban J connectivity index is 1.62. The van der Waals surface area contributed by atoms with Gasteiger partial charge in [-0.3, -0.25) is 9.69 Å². The summed E-state index contributed by atoms with van der Waals surface area (Å²) < 4.78 is 6.42. The maximum atomic E-state index is 13.4. The summed E-state index contributed by atoms with van der Waals surface area (Å²) in [5.41, 5.74) is 4.64. The van der Waals surface area contributed by atoms with Gasteiger partial charge in [0.15, 0.2) is 8.32 Å². The van der Waals surface area contributed by atoms with Crippen LogP contribution in [0.1, 0.15) is 66.6 Å². The van der Waals surface area contributed by atoms with E-state index in [1.807, 2.05) is 30.3 Å². The Morgan fingerprint density at radius 1 is 1.13 bits per heavy atom. The summed E-state index contributed by atoms with van der Waals surface area (Å²) in [4.78, 5) is 14.9. The third-order valence-electron chi connectivity index (χ3n) is 6.97. The van der Waals surface area contributed by atoms with Crippen molar-refractivity contribution in [3.8, 4) is 0 Å². The molecule has 0 radical (unpaired) electrons. The van der Waals surface area contributed by atoms with Gasteiger partial charge in [-0.15, -0.1) is 0 Å². The first-order chi connectivity index (χ1) is 14.1. The molecule has 4 nitrogen and oxygen atoms in total. The zero-order valence-corrected chi connectivity index (χ0v) is 19.7. The molecule has 1 heterocycles. The number of hydrogen-bond acceptors (Lipinski definition) is 3. The predicted molar refractivity (Wildman–Crippen MR) is 123 cm³/mol. The Morgan fingerprint density at radius 3 is 2.50 bits per heavy atom. The van der Waals surface area contributed by atoms with Crippen LogP contribution in [-0.2, 0) is 17.5 Å². The lowest BCUT2D eigenvalue weighted by Crippen LogP contribution is -2.46. The third kappa shape index (κ3) is 3.98. The van der Waals surface area contributed by atoms with Gasteiger partial charge in [0.05, 0.1) is 12.3 Å². The Bertz CT molecular complexity index is 959. The van der Waals surface area contributed by atoms with Crippen molar-refractivity contribution in [2.45, 2.75) is 76.9 Å². The van der Waals surface area contributed by atoms with E-state index in [2.05, 4.69) is 46.0 Å². The van der Waals surface area contributed by atoms with Crippen LogP contribution in [0.3, 0.4) is 0 Å². The minimum absolute atomic E-state index is 0.112. The number of hydrogen-bond donors (Lipinski definition) is 1. The number of benzene rings is 2. The lowest BCUT2D eigenvalue weighted by molar-refractivity contribution is 0.0859. The first-order valence-electron chi connectivity index (χ1n) is 10.9. The fourth-order valence-corrected chi connectivity index (χ4v) is 4.78. The Labute approximate surface area is 181 Å². The molecule has 1 saturated carbocycles. The number of amides is 1. The minimum atomic E-state index is -1.93. The van der Waals surface area contributed by atoms with Crippen molar-refractivity contribution in [2.75, 3.05) is 4.90 Å². The summed E-state index contributed by atoms with van der Waals surface area (Å²) in [6, 6.07) is 13.9. The first-order valence-corrected chi connectivity index (χ1v) is 13.9. The SMILES string of the molecule is CC(C)(C)[Si](C)(C)OCc1ccccc1N1C(=O)c2ccc(C3CC3)cc2CC1O. The van der Waals surface area contributed by atoms with Gasteiger partial charge in [-0.1, -0.05) is 51.1 Å². The summed E-state index contributed by atoms with van der Waals surface area (Å²) in [5, 5.41) is 11.1. The summed E-state index contributed by atoms with van der Waals surface area (Å²) >= 11 is 0. The summed E-state index contributed by atoms with van der Waals surface area (Å²) in [6.07, 6.45) is 2.04. The van der Waals surface area contributed by atoms with Gasteiger partial charge in [0.1, 0.15) is 6.23 Å². The quantitative estimate of drug-likeness (QED) is 0.636. The first kappa shape index (κ1) is 21.3. The number of aliphatic hydroxyl groups is 1. The van der Waals surface area contributed by atoms with Gasteiger partial charge in [0.2, 0.25) is 0 Å². The van der Waals surface area contributed by atoms with Crippen molar-refractivity contribution in [1.29, 1.82) is 0 Å². The zero-order valence-electron chi connectivity index (χ0n) is 18.7. The Kier molecular flexibility index (Phi) is 5.41. The van der Waals surface area contributed by atoms with Crippen LogP contribution in [0.15, 0.2) is 42.5 Å². The molecular weight excluding hydrogens is 390 g/mol. The number of para-hydroxylation sites is 1. The standard InChI is InChI=1S/C25H33NO3Si/c1-25(2,3)30(4,5)29-16-19-8-6-7-9-22(19)26-23(27)15-20-14-18(17-10-11-17)12-13-21(20)24(26)28/h6-9,12-14,17,23,27H,10-11,15-16H2,1-5H3. The van der Waals surface area contributed by atoms with Gasteiger partial charge in [-0.05, 0) is 60.2 Å². The normalized spacial score (nSPS) is 19.7. The number of carbonyl (C=O) groups is 1. The van der Waals surface area contributed by atoms with E-state index in [1.165, 1.54) is 18.4 Å². The highest BCUT2D eigenvalue weighted by molar-refractivity contribution is 6.74. The van der Waals surface area contributed by atoms with Gasteiger partial charge in [0.25, 0.3) is 5.91 Å². The molecule has 1 fully saturated rings. The van der Waals surface area contributed by atoms with Gasteiger partial charge >= 0.3 is 0 Å². The van der Waals surface area contributed by atoms with Gasteiger partial charge in [-0.2, -0.15) is 0 Å². The van der Waals surface area contributed by atoms with Crippen molar-refractivity contribution >= 4 is 19.9 Å². The lowest BCUT2D eigenvalue weighted by atomic mass is 9.93. The second-order valence-corrected chi connectivity index (χ2v) is 15.0. The van der Waals surface area contributed by atoms with Crippen molar-refractivity contribution in [2.24, 2.45) is 0 Å². The summed E-state index contributed by atoms with van der Waals surface area (Å²) in [6.45, 7) is 11.5. The molecule has 1 aliphatic heterocycles. The van der Waals surface area contributed by atoms with E-state index in [0.717, 1.165) is 16.8 Å². The van der Waals surface area contributed by atoms with Crippen LogP contribution in [0, 0.1) is 0 Å². The van der Waals surface area contributed by atoms with E-state index in [4.69, 9.17) is 4.43 Å². The monoisotopic (exact) mass is 423 g/mol. The Hall–Kier alpha value is -1.95. The zero-order chi connectivity index (χ0) is 21.7. The van der Waals surface area contributed by atoms with Crippen molar-refractivity contribution in [3.05, 3.63) is 64.7 Å². The number of fused-ring (bicyclic) bond motifs is 1. The van der Waals surface area contributed by atoms with E-state index in [1.54, 1.807) is 4.90 Å². The maximum Gasteiger partial charge on any atom is 0.260 e. The van der Waals surface area contributed by atoms with E-state index in [0.29, 0.717) is 24.5 Å². The Morgan fingerprint density at radius 2 is 1.83 bits per heavy atom. The minimum Gasteiger partial charge on any atom is -0.412 e. The van der Waals surface area contributed by atoms with Gasteiger partial charge in [-0.25, -0.2) is 0 Å². The smallest absolute Gasteiger partial charge is 0.260 e. The molecule has 2 aliphatic rings. The van der Waals surface area contributed by atoms with Crippen molar-refractivity contribution < 1.29 is 14.3 Å². The van der Waals surface area contributed by atoms with Gasteiger partial charge < -0.3 is 9.53 Å². The molecule has 1 N–H and O–H groups in total. The average Bonchev–Trinajstić information content (AvgIpc) is 3.51. The molecule has 1 unspecified atom stereocenters. The molecule has 4 rings (SSSR count). The van der Waals surface area contributed by atoms with Crippen LogP contribution in [0.5, 0.6) is 0 Å². The van der Waals surface area contributed by atoms with E-state index < -0.39 is 14.5 Å². The molecule has 1 aliphatic carbocycles. The highest BCUT2D eigenvalue weighted by atomic mass is 28.4. The number of rotatable bonds is 5.